The van der Waals surface area contributed by atoms with Crippen LogP contribution in [-0.4, -0.2) is 40.8 Å². The molecular formula is C34H34N4O5S. The van der Waals surface area contributed by atoms with E-state index in [1.54, 1.807) is 12.1 Å². The molecule has 0 fully saturated rings. The minimum absolute atomic E-state index is 0.00154. The second-order valence-corrected chi connectivity index (χ2v) is 13.1. The average molecular weight is 611 g/mol. The molecule has 2 amide bonds. The number of hydrogen-bond acceptors (Lipinski definition) is 5. The van der Waals surface area contributed by atoms with E-state index in [0.717, 1.165) is 33.5 Å². The highest BCUT2D eigenvalue weighted by atomic mass is 32.2. The SMILES string of the molecule is CCS(=O)(=O)c1ccc(C(NC(=O)O)C(=O)Nc2ccc(-c3nc4ccc(C)cc4n3[C@@H](C)c3ccc(C)cc3)cc2)cc1. The lowest BCUT2D eigenvalue weighted by atomic mass is 10.0. The van der Waals surface area contributed by atoms with Gasteiger partial charge in [-0.05, 0) is 86.0 Å². The number of carbonyl (C=O) groups excluding carboxylic acids is 1. The summed E-state index contributed by atoms with van der Waals surface area (Å²) in [6.07, 6.45) is -1.39. The molecule has 1 aromatic heterocycles. The number of sulfone groups is 1. The van der Waals surface area contributed by atoms with Gasteiger partial charge in [-0.15, -0.1) is 0 Å². The number of nitrogens with one attached hydrogen (secondary N) is 2. The molecule has 10 heteroatoms. The molecule has 0 spiro atoms. The fourth-order valence-corrected chi connectivity index (χ4v) is 6.05. The second-order valence-electron chi connectivity index (χ2n) is 10.8. The van der Waals surface area contributed by atoms with Crippen LogP contribution in [0.1, 0.15) is 48.2 Å². The third-order valence-electron chi connectivity index (χ3n) is 7.69. The van der Waals surface area contributed by atoms with Crippen LogP contribution in [0.4, 0.5) is 10.5 Å². The lowest BCUT2D eigenvalue weighted by molar-refractivity contribution is -0.118. The molecule has 0 saturated carbocycles. The summed E-state index contributed by atoms with van der Waals surface area (Å²) in [7, 11) is -3.44. The van der Waals surface area contributed by atoms with Gasteiger partial charge in [-0.2, -0.15) is 0 Å². The zero-order valence-electron chi connectivity index (χ0n) is 24.9. The summed E-state index contributed by atoms with van der Waals surface area (Å²) < 4.78 is 26.6. The Morgan fingerprint density at radius 2 is 1.48 bits per heavy atom. The summed E-state index contributed by atoms with van der Waals surface area (Å²) in [4.78, 5) is 29.8. The topological polar surface area (TPSA) is 130 Å². The lowest BCUT2D eigenvalue weighted by Gasteiger charge is -2.19. The summed E-state index contributed by atoms with van der Waals surface area (Å²) >= 11 is 0. The number of imidazole rings is 1. The van der Waals surface area contributed by atoms with Gasteiger partial charge in [0.2, 0.25) is 0 Å². The van der Waals surface area contributed by atoms with Gasteiger partial charge in [0.05, 0.1) is 27.7 Å². The maximum absolute atomic E-state index is 13.2. The quantitative estimate of drug-likeness (QED) is 0.171. The van der Waals surface area contributed by atoms with Gasteiger partial charge in [-0.3, -0.25) is 4.79 Å². The molecule has 2 atom stereocenters. The van der Waals surface area contributed by atoms with E-state index >= 15 is 0 Å². The Hall–Kier alpha value is -4.96. The van der Waals surface area contributed by atoms with Crippen LogP contribution in [0.5, 0.6) is 0 Å². The molecule has 5 aromatic rings. The van der Waals surface area contributed by atoms with Crippen LogP contribution in [0.3, 0.4) is 0 Å². The molecule has 226 valence electrons. The van der Waals surface area contributed by atoms with Gasteiger partial charge in [0, 0.05) is 11.3 Å². The number of carboxylic acid groups (broad SMARTS) is 1. The summed E-state index contributed by atoms with van der Waals surface area (Å²) in [6, 6.07) is 26.2. The Balaban J connectivity index is 1.44. The maximum Gasteiger partial charge on any atom is 0.405 e. The van der Waals surface area contributed by atoms with Crippen molar-refractivity contribution in [3.63, 3.8) is 0 Å². The van der Waals surface area contributed by atoms with E-state index in [1.165, 1.54) is 36.8 Å². The first-order valence-corrected chi connectivity index (χ1v) is 15.9. The van der Waals surface area contributed by atoms with Crippen LogP contribution in [0.25, 0.3) is 22.4 Å². The van der Waals surface area contributed by atoms with Crippen LogP contribution >= 0.6 is 0 Å². The van der Waals surface area contributed by atoms with Gasteiger partial charge >= 0.3 is 6.09 Å². The number of amides is 2. The fourth-order valence-electron chi connectivity index (χ4n) is 5.17. The molecule has 9 nitrogen and oxygen atoms in total. The number of nitrogens with zero attached hydrogens (tertiary/aromatic N) is 2. The predicted octanol–water partition coefficient (Wildman–Crippen LogP) is 6.67. The summed E-state index contributed by atoms with van der Waals surface area (Å²) in [5, 5.41) is 14.4. The average Bonchev–Trinajstić information content (AvgIpc) is 3.38. The molecule has 0 saturated heterocycles. The zero-order valence-corrected chi connectivity index (χ0v) is 25.7. The Bertz CT molecular complexity index is 1930. The molecule has 0 aliphatic carbocycles. The number of anilines is 1. The molecule has 4 aromatic carbocycles. The molecule has 5 rings (SSSR count). The maximum atomic E-state index is 13.2. The van der Waals surface area contributed by atoms with Gasteiger partial charge < -0.3 is 20.3 Å². The van der Waals surface area contributed by atoms with Crippen LogP contribution in [0, 0.1) is 13.8 Å². The zero-order chi connectivity index (χ0) is 31.6. The first-order chi connectivity index (χ1) is 21.0. The highest BCUT2D eigenvalue weighted by molar-refractivity contribution is 7.91. The normalized spacial score (nSPS) is 12.9. The number of hydrogen-bond donors (Lipinski definition) is 3. The van der Waals surface area contributed by atoms with E-state index in [1.807, 2.05) is 24.3 Å². The molecule has 0 bridgehead atoms. The molecule has 3 N–H and O–H groups in total. The second kappa shape index (κ2) is 12.3. The van der Waals surface area contributed by atoms with Crippen molar-refractivity contribution in [1.82, 2.24) is 14.9 Å². The number of fused-ring (bicyclic) bond motifs is 1. The first kappa shape index (κ1) is 30.5. The van der Waals surface area contributed by atoms with Gasteiger partial charge in [-0.25, -0.2) is 18.2 Å². The van der Waals surface area contributed by atoms with Crippen molar-refractivity contribution < 1.29 is 23.1 Å². The molecule has 0 aliphatic heterocycles. The standard InChI is InChI=1S/C34H34N4O5S/c1-5-44(42,43)28-17-13-25(14-18-28)31(37-34(40)41)33(39)35-27-15-11-26(12-16-27)32-36-29-19-8-22(3)20-30(29)38(32)23(4)24-9-6-21(2)7-10-24/h6-20,23,31,37H,5H2,1-4H3,(H,35,39)(H,40,41)/t23-,31?/m0/s1. The number of aryl methyl sites for hydroxylation is 2. The van der Waals surface area contributed by atoms with E-state index in [9.17, 15) is 23.1 Å². The fraction of sp³-hybridized carbons (Fsp3) is 0.206. The van der Waals surface area contributed by atoms with Crippen molar-refractivity contribution in [2.45, 2.75) is 44.7 Å². The first-order valence-electron chi connectivity index (χ1n) is 14.3. The van der Waals surface area contributed by atoms with Crippen LogP contribution < -0.4 is 10.6 Å². The number of rotatable bonds is 9. The molecular weight excluding hydrogens is 576 g/mol. The Labute approximate surface area is 256 Å². The van der Waals surface area contributed by atoms with Crippen molar-refractivity contribution in [1.29, 1.82) is 0 Å². The van der Waals surface area contributed by atoms with E-state index in [4.69, 9.17) is 4.98 Å². The highest BCUT2D eigenvalue weighted by Crippen LogP contribution is 2.33. The van der Waals surface area contributed by atoms with E-state index in [2.05, 4.69) is 66.3 Å². The van der Waals surface area contributed by atoms with Crippen molar-refractivity contribution >= 4 is 38.6 Å². The number of aromatic nitrogens is 2. The van der Waals surface area contributed by atoms with Crippen molar-refractivity contribution in [3.8, 4) is 11.4 Å². The summed E-state index contributed by atoms with van der Waals surface area (Å²) in [6.45, 7) is 7.80. The van der Waals surface area contributed by atoms with Crippen molar-refractivity contribution in [2.24, 2.45) is 0 Å². The van der Waals surface area contributed by atoms with E-state index in [0.29, 0.717) is 11.3 Å². The molecule has 1 unspecified atom stereocenters. The molecule has 0 aliphatic rings. The largest absolute Gasteiger partial charge is 0.465 e. The Morgan fingerprint density at radius 1 is 0.864 bits per heavy atom. The van der Waals surface area contributed by atoms with Crippen LogP contribution in [0.2, 0.25) is 0 Å². The minimum Gasteiger partial charge on any atom is -0.465 e. The molecule has 0 radical (unpaired) electrons. The summed E-state index contributed by atoms with van der Waals surface area (Å²) in [5.41, 5.74) is 6.99. The van der Waals surface area contributed by atoms with Gasteiger partial charge in [0.1, 0.15) is 11.9 Å². The monoisotopic (exact) mass is 610 g/mol. The van der Waals surface area contributed by atoms with Gasteiger partial charge in [0.15, 0.2) is 9.84 Å². The number of benzene rings is 4. The highest BCUT2D eigenvalue weighted by Gasteiger charge is 2.24. The van der Waals surface area contributed by atoms with Gasteiger partial charge in [0.25, 0.3) is 5.91 Å². The predicted molar refractivity (Wildman–Crippen MR) is 172 cm³/mol. The van der Waals surface area contributed by atoms with Crippen LogP contribution in [-0.2, 0) is 14.6 Å². The minimum atomic E-state index is -3.44. The Kier molecular flexibility index (Phi) is 8.55. The smallest absolute Gasteiger partial charge is 0.405 e. The number of carbonyl (C=O) groups is 2. The Morgan fingerprint density at radius 3 is 2.09 bits per heavy atom. The summed E-state index contributed by atoms with van der Waals surface area (Å²) in [5.74, 6) is 0.103. The van der Waals surface area contributed by atoms with E-state index < -0.39 is 27.9 Å². The third kappa shape index (κ3) is 6.35. The van der Waals surface area contributed by atoms with E-state index in [-0.39, 0.29) is 16.7 Å². The lowest BCUT2D eigenvalue weighted by Crippen LogP contribution is -2.36. The van der Waals surface area contributed by atoms with Crippen molar-refractivity contribution in [3.05, 3.63) is 113 Å². The van der Waals surface area contributed by atoms with Crippen molar-refractivity contribution in [2.75, 3.05) is 11.1 Å². The molecule has 44 heavy (non-hydrogen) atoms. The van der Waals surface area contributed by atoms with Crippen LogP contribution in [0.15, 0.2) is 95.9 Å². The molecule has 1 heterocycles. The van der Waals surface area contributed by atoms with Gasteiger partial charge in [-0.1, -0.05) is 55.0 Å². The third-order valence-corrected chi connectivity index (χ3v) is 9.44.